The van der Waals surface area contributed by atoms with Gasteiger partial charge in [0.2, 0.25) is 10.0 Å². The van der Waals surface area contributed by atoms with E-state index in [4.69, 9.17) is 10.9 Å². The molecule has 10 heteroatoms. The van der Waals surface area contributed by atoms with Crippen LogP contribution in [0.5, 0.6) is 0 Å². The molecule has 0 fully saturated rings. The number of rotatable bonds is 7. The summed E-state index contributed by atoms with van der Waals surface area (Å²) < 4.78 is 21.5. The molecule has 0 spiro atoms. The van der Waals surface area contributed by atoms with E-state index in [0.717, 1.165) is 13.1 Å². The van der Waals surface area contributed by atoms with Crippen LogP contribution in [0.3, 0.4) is 0 Å². The Morgan fingerprint density at radius 1 is 1.40 bits per heavy atom. The van der Waals surface area contributed by atoms with Crippen LogP contribution in [0, 0.1) is 0 Å². The lowest BCUT2D eigenvalue weighted by atomic mass is 10.4. The third kappa shape index (κ3) is 4.62. The van der Waals surface area contributed by atoms with E-state index in [0.29, 0.717) is 5.13 Å². The summed E-state index contributed by atoms with van der Waals surface area (Å²) in [6.45, 7) is 5.42. The van der Waals surface area contributed by atoms with Crippen molar-refractivity contribution in [1.29, 1.82) is 0 Å². The highest BCUT2D eigenvalue weighted by Crippen LogP contribution is 2.27. The number of thiazole rings is 1. The van der Waals surface area contributed by atoms with Crippen molar-refractivity contribution in [3.8, 4) is 0 Å². The summed E-state index contributed by atoms with van der Waals surface area (Å²) in [6, 6.07) is 0. The summed E-state index contributed by atoms with van der Waals surface area (Å²) in [5.41, 5.74) is 5.72. The van der Waals surface area contributed by atoms with Gasteiger partial charge in [-0.2, -0.15) is 0 Å². The van der Waals surface area contributed by atoms with Gasteiger partial charge in [0.25, 0.3) is 5.91 Å². The predicted molar refractivity (Wildman–Crippen MR) is 80.4 cm³/mol. The van der Waals surface area contributed by atoms with Crippen molar-refractivity contribution in [3.63, 3.8) is 0 Å². The summed E-state index contributed by atoms with van der Waals surface area (Å²) >= 11 is 1.18. The second-order valence-corrected chi connectivity index (χ2v) is 6.72. The van der Waals surface area contributed by atoms with E-state index >= 15 is 0 Å². The molecule has 1 aromatic rings. The first-order valence-electron chi connectivity index (χ1n) is 6.08. The number of hydrogen-bond donors (Lipinski definition) is 3. The summed E-state index contributed by atoms with van der Waals surface area (Å²) in [5.74, 6) is -0.618. The summed E-state index contributed by atoms with van der Waals surface area (Å²) in [5, 5.41) is 7.98. The Morgan fingerprint density at radius 2 is 2.00 bits per heavy atom. The zero-order chi connectivity index (χ0) is 15.3. The van der Waals surface area contributed by atoms with Crippen LogP contribution in [-0.2, 0) is 10.0 Å². The molecular weight excluding hydrogens is 302 g/mol. The van der Waals surface area contributed by atoms with Crippen molar-refractivity contribution < 1.29 is 13.2 Å². The molecule has 0 unspecified atom stereocenters. The van der Waals surface area contributed by atoms with Crippen LogP contribution in [-0.4, -0.2) is 44.7 Å². The molecule has 1 heterocycles. The van der Waals surface area contributed by atoms with Gasteiger partial charge in [0.15, 0.2) is 5.13 Å². The summed E-state index contributed by atoms with van der Waals surface area (Å²) in [6.07, 6.45) is 0. The lowest BCUT2D eigenvalue weighted by Crippen LogP contribution is -2.31. The molecular formula is C10H19N5O3S2. The smallest absolute Gasteiger partial charge is 0.265 e. The maximum absolute atomic E-state index is 11.9. The predicted octanol–water partition coefficient (Wildman–Crippen LogP) is -0.410. The highest BCUT2D eigenvalue weighted by Gasteiger charge is 2.18. The van der Waals surface area contributed by atoms with E-state index in [1.807, 2.05) is 18.7 Å². The molecule has 8 nitrogen and oxygen atoms in total. The quantitative estimate of drug-likeness (QED) is 0.625. The highest BCUT2D eigenvalue weighted by atomic mass is 32.2. The SMILES string of the molecule is CCN(CC)c1nc(N)c(C(=O)NCCS(N)(=O)=O)s1. The molecule has 0 aromatic carbocycles. The van der Waals surface area contributed by atoms with Gasteiger partial charge in [-0.3, -0.25) is 4.79 Å². The fourth-order valence-corrected chi connectivity index (χ4v) is 2.91. The number of nitrogens with one attached hydrogen (secondary N) is 1. The average molecular weight is 321 g/mol. The first-order valence-corrected chi connectivity index (χ1v) is 8.61. The molecule has 0 aliphatic heterocycles. The van der Waals surface area contributed by atoms with Gasteiger partial charge >= 0.3 is 0 Å². The van der Waals surface area contributed by atoms with E-state index in [-0.39, 0.29) is 23.0 Å². The lowest BCUT2D eigenvalue weighted by Gasteiger charge is -2.16. The highest BCUT2D eigenvalue weighted by molar-refractivity contribution is 7.89. The Bertz CT molecular complexity index is 565. The Kier molecular flexibility index (Phi) is 5.72. The number of anilines is 2. The van der Waals surface area contributed by atoms with Gasteiger partial charge in [0.1, 0.15) is 10.7 Å². The number of carbonyl (C=O) groups excluding carboxylic acids is 1. The van der Waals surface area contributed by atoms with Crippen molar-refractivity contribution in [2.24, 2.45) is 5.14 Å². The van der Waals surface area contributed by atoms with Crippen LogP contribution in [0.25, 0.3) is 0 Å². The summed E-state index contributed by atoms with van der Waals surface area (Å²) in [4.78, 5) is 18.3. The van der Waals surface area contributed by atoms with Crippen LogP contribution < -0.4 is 21.1 Å². The van der Waals surface area contributed by atoms with E-state index in [1.54, 1.807) is 0 Å². The first kappa shape index (κ1) is 16.7. The van der Waals surface area contributed by atoms with Crippen molar-refractivity contribution in [3.05, 3.63) is 4.88 Å². The van der Waals surface area contributed by atoms with Gasteiger partial charge in [-0.15, -0.1) is 0 Å². The van der Waals surface area contributed by atoms with Crippen LogP contribution in [0.15, 0.2) is 0 Å². The molecule has 0 radical (unpaired) electrons. The summed E-state index contributed by atoms with van der Waals surface area (Å²) in [7, 11) is -3.59. The second kappa shape index (κ2) is 6.86. The van der Waals surface area contributed by atoms with Crippen molar-refractivity contribution in [2.45, 2.75) is 13.8 Å². The van der Waals surface area contributed by atoms with E-state index in [2.05, 4.69) is 10.3 Å². The zero-order valence-electron chi connectivity index (χ0n) is 11.4. The van der Waals surface area contributed by atoms with Gasteiger partial charge < -0.3 is 16.0 Å². The van der Waals surface area contributed by atoms with Crippen LogP contribution in [0.4, 0.5) is 10.9 Å². The molecule has 0 atom stereocenters. The van der Waals surface area contributed by atoms with Crippen molar-refractivity contribution in [2.75, 3.05) is 36.0 Å². The normalized spacial score (nSPS) is 11.3. The first-order chi connectivity index (χ1) is 9.28. The fourth-order valence-electron chi connectivity index (χ4n) is 1.50. The van der Waals surface area contributed by atoms with Gasteiger partial charge in [0, 0.05) is 19.6 Å². The molecule has 0 aliphatic rings. The Labute approximate surface area is 122 Å². The van der Waals surface area contributed by atoms with Gasteiger partial charge in [-0.25, -0.2) is 18.5 Å². The second-order valence-electron chi connectivity index (χ2n) is 4.01. The Morgan fingerprint density at radius 3 is 2.50 bits per heavy atom. The minimum Gasteiger partial charge on any atom is -0.382 e. The monoisotopic (exact) mass is 321 g/mol. The largest absolute Gasteiger partial charge is 0.382 e. The number of primary sulfonamides is 1. The van der Waals surface area contributed by atoms with E-state index in [1.165, 1.54) is 11.3 Å². The number of hydrogen-bond acceptors (Lipinski definition) is 7. The number of amides is 1. The molecule has 1 amide bonds. The topological polar surface area (TPSA) is 131 Å². The molecule has 5 N–H and O–H groups in total. The van der Waals surface area contributed by atoms with E-state index in [9.17, 15) is 13.2 Å². The minimum absolute atomic E-state index is 0.0599. The van der Waals surface area contributed by atoms with Crippen molar-refractivity contribution in [1.82, 2.24) is 10.3 Å². The number of carbonyl (C=O) groups is 1. The minimum atomic E-state index is -3.59. The van der Waals surface area contributed by atoms with Crippen LogP contribution in [0.2, 0.25) is 0 Å². The molecule has 114 valence electrons. The third-order valence-electron chi connectivity index (χ3n) is 2.55. The fraction of sp³-hybridized carbons (Fsp3) is 0.600. The molecule has 0 aliphatic carbocycles. The Balaban J connectivity index is 2.74. The number of aromatic nitrogens is 1. The number of nitrogens with zero attached hydrogens (tertiary/aromatic N) is 2. The van der Waals surface area contributed by atoms with Gasteiger partial charge in [-0.05, 0) is 13.8 Å². The maximum Gasteiger partial charge on any atom is 0.265 e. The standard InChI is InChI=1S/C10H19N5O3S2/c1-3-15(4-2)10-14-8(11)7(19-10)9(16)13-5-6-20(12,17)18/h3-6,11H2,1-2H3,(H,13,16)(H2,12,17,18). The Hall–Kier alpha value is -1.39. The molecule has 0 saturated heterocycles. The molecule has 0 saturated carbocycles. The molecule has 20 heavy (non-hydrogen) atoms. The molecule has 0 bridgehead atoms. The van der Waals surface area contributed by atoms with Crippen LogP contribution in [0.1, 0.15) is 23.5 Å². The van der Waals surface area contributed by atoms with E-state index < -0.39 is 15.9 Å². The average Bonchev–Trinajstić information content (AvgIpc) is 2.71. The molecule has 1 rings (SSSR count). The van der Waals surface area contributed by atoms with Crippen LogP contribution >= 0.6 is 11.3 Å². The third-order valence-corrected chi connectivity index (χ3v) is 4.46. The van der Waals surface area contributed by atoms with Gasteiger partial charge in [-0.1, -0.05) is 11.3 Å². The lowest BCUT2D eigenvalue weighted by molar-refractivity contribution is 0.0961. The van der Waals surface area contributed by atoms with Gasteiger partial charge in [0.05, 0.1) is 5.75 Å². The number of nitrogens with two attached hydrogens (primary N) is 2. The van der Waals surface area contributed by atoms with Crippen molar-refractivity contribution >= 4 is 38.2 Å². The zero-order valence-corrected chi connectivity index (χ0v) is 13.1. The molecule has 1 aromatic heterocycles. The number of sulfonamides is 1. The number of nitrogen functional groups attached to an aromatic ring is 1. The maximum atomic E-state index is 11.9.